The summed E-state index contributed by atoms with van der Waals surface area (Å²) < 4.78 is 6.03. The van der Waals surface area contributed by atoms with Crippen LogP contribution in [0.1, 0.15) is 20.7 Å². The van der Waals surface area contributed by atoms with Crippen LogP contribution in [0.4, 0.5) is 0 Å². The van der Waals surface area contributed by atoms with Crippen molar-refractivity contribution in [3.63, 3.8) is 0 Å². The monoisotopic (exact) mass is 180 g/mol. The average molecular weight is 182 g/mol. The van der Waals surface area contributed by atoms with Crippen molar-refractivity contribution < 1.29 is 24.5 Å². The van der Waals surface area contributed by atoms with Gasteiger partial charge in [0.25, 0.3) is 0 Å². The van der Waals surface area contributed by atoms with Gasteiger partial charge >= 0.3 is 64.4 Å². The third-order valence-corrected chi connectivity index (χ3v) is 3.51. The van der Waals surface area contributed by atoms with E-state index in [0.717, 1.165) is 6.61 Å². The first-order valence-corrected chi connectivity index (χ1v) is 5.68. The van der Waals surface area contributed by atoms with E-state index in [1.54, 1.807) is 0 Å². The third kappa shape index (κ3) is 1.96. The molecule has 0 aromatic rings. The van der Waals surface area contributed by atoms with E-state index in [9.17, 15) is 0 Å². The van der Waals surface area contributed by atoms with Gasteiger partial charge in [-0.05, 0) is 0 Å². The SMILES string of the molecule is [H+].[SiH3][C]1([Zn])CCCCO1. The zero-order valence-electron chi connectivity index (χ0n) is 6.44. The first kappa shape index (κ1) is 6.91. The van der Waals surface area contributed by atoms with E-state index in [0.29, 0.717) is 3.82 Å². The van der Waals surface area contributed by atoms with Crippen molar-refractivity contribution in [2.75, 3.05) is 6.61 Å². The second kappa shape index (κ2) is 2.59. The maximum atomic E-state index is 5.58. The summed E-state index contributed by atoms with van der Waals surface area (Å²) in [5.74, 6) is 0. The molecule has 0 N–H and O–H groups in total. The van der Waals surface area contributed by atoms with Gasteiger partial charge in [0, 0.05) is 0 Å². The van der Waals surface area contributed by atoms with Crippen molar-refractivity contribution >= 4 is 10.2 Å². The van der Waals surface area contributed by atoms with Gasteiger partial charge in [0.2, 0.25) is 0 Å². The molecular weight excluding hydrogens is 170 g/mol. The van der Waals surface area contributed by atoms with Crippen molar-refractivity contribution in [1.82, 2.24) is 0 Å². The number of rotatable bonds is 0. The van der Waals surface area contributed by atoms with Crippen molar-refractivity contribution in [3.05, 3.63) is 0 Å². The summed E-state index contributed by atoms with van der Waals surface area (Å²) in [4.78, 5) is 0. The molecule has 0 bridgehead atoms. The van der Waals surface area contributed by atoms with Crippen molar-refractivity contribution in [2.45, 2.75) is 23.1 Å². The molecule has 1 rings (SSSR count). The van der Waals surface area contributed by atoms with Gasteiger partial charge in [0.05, 0.1) is 0 Å². The summed E-state index contributed by atoms with van der Waals surface area (Å²) in [5.41, 5.74) is 0. The molecule has 1 aliphatic rings. The number of hydrogen-bond donors (Lipinski definition) is 0. The van der Waals surface area contributed by atoms with Crippen LogP contribution in [-0.2, 0) is 23.0 Å². The zero-order valence-corrected chi connectivity index (χ0v) is 10.4. The molecular formula is C5H12OSiZn+. The topological polar surface area (TPSA) is 9.23 Å². The minimum absolute atomic E-state index is 0. The molecule has 1 heterocycles. The molecule has 8 heavy (non-hydrogen) atoms. The van der Waals surface area contributed by atoms with Crippen LogP contribution in [0.2, 0.25) is 0 Å². The van der Waals surface area contributed by atoms with Crippen LogP contribution in [0.15, 0.2) is 0 Å². The summed E-state index contributed by atoms with van der Waals surface area (Å²) >= 11 is 1.35. The van der Waals surface area contributed by atoms with Crippen LogP contribution in [0, 0.1) is 0 Å². The Morgan fingerprint density at radius 1 is 1.62 bits per heavy atom. The van der Waals surface area contributed by atoms with Gasteiger partial charge in [0.15, 0.2) is 0 Å². The summed E-state index contributed by atoms with van der Waals surface area (Å²) in [6, 6.07) is 0. The molecule has 0 amide bonds. The molecule has 0 aromatic heterocycles. The van der Waals surface area contributed by atoms with E-state index in [2.05, 4.69) is 0 Å². The predicted octanol–water partition coefficient (Wildman–Crippen LogP) is -0.135. The zero-order chi connectivity index (χ0) is 6.04. The molecule has 3 heteroatoms. The molecule has 1 nitrogen and oxygen atoms in total. The first-order valence-electron chi connectivity index (χ1n) is 3.20. The Hall–Kier alpha value is 0.800. The van der Waals surface area contributed by atoms with Crippen LogP contribution in [0.25, 0.3) is 0 Å². The summed E-state index contributed by atoms with van der Waals surface area (Å²) in [6.07, 6.45) is 4.05. The second-order valence-electron chi connectivity index (χ2n) is 2.76. The van der Waals surface area contributed by atoms with Crippen molar-refractivity contribution in [1.29, 1.82) is 0 Å². The fraction of sp³-hybridized carbons (Fsp3) is 1.00. The molecule has 0 radical (unpaired) electrons. The fourth-order valence-corrected chi connectivity index (χ4v) is 2.38. The fourth-order valence-electron chi connectivity index (χ4n) is 0.992. The molecule has 1 saturated heterocycles. The van der Waals surface area contributed by atoms with E-state index in [-0.39, 0.29) is 1.43 Å². The Balaban J connectivity index is 0.000000640. The molecule has 0 saturated carbocycles. The van der Waals surface area contributed by atoms with Crippen LogP contribution in [0.5, 0.6) is 0 Å². The standard InChI is InChI=1S/C5H11OSi.Zn/c7-5-3-1-2-4-6-5;/h1-4H2,7H3;/p+1. The number of hydrogen-bond acceptors (Lipinski definition) is 1. The minimum atomic E-state index is 0. The first-order chi connectivity index (χ1) is 3.71. The Labute approximate surface area is 64.8 Å². The third-order valence-electron chi connectivity index (χ3n) is 1.55. The Kier molecular flexibility index (Phi) is 2.24. The molecule has 1 aliphatic heterocycles. The predicted molar refractivity (Wildman–Crippen MR) is 33.6 cm³/mol. The van der Waals surface area contributed by atoms with E-state index in [1.165, 1.54) is 47.8 Å². The molecule has 1 atom stereocenters. The molecule has 0 spiro atoms. The van der Waals surface area contributed by atoms with Gasteiger partial charge in [-0.15, -0.1) is 0 Å². The van der Waals surface area contributed by atoms with Gasteiger partial charge < -0.3 is 0 Å². The normalized spacial score (nSPS) is 40.2. The molecule has 0 aliphatic carbocycles. The summed E-state index contributed by atoms with van der Waals surface area (Å²) in [7, 11) is 1.24. The van der Waals surface area contributed by atoms with E-state index >= 15 is 0 Å². The molecule has 0 aromatic carbocycles. The van der Waals surface area contributed by atoms with Crippen LogP contribution >= 0.6 is 0 Å². The summed E-state index contributed by atoms with van der Waals surface area (Å²) in [6.45, 7) is 1.03. The van der Waals surface area contributed by atoms with Crippen molar-refractivity contribution in [3.8, 4) is 0 Å². The van der Waals surface area contributed by atoms with Gasteiger partial charge in [0.1, 0.15) is 0 Å². The quantitative estimate of drug-likeness (QED) is 0.473. The van der Waals surface area contributed by atoms with E-state index in [1.807, 2.05) is 0 Å². The maximum absolute atomic E-state index is 5.58. The Morgan fingerprint density at radius 3 is 2.62 bits per heavy atom. The number of ether oxygens (including phenoxy) is 1. The van der Waals surface area contributed by atoms with Gasteiger partial charge in [-0.1, -0.05) is 0 Å². The van der Waals surface area contributed by atoms with Crippen LogP contribution < -0.4 is 0 Å². The van der Waals surface area contributed by atoms with Crippen LogP contribution in [0.3, 0.4) is 0 Å². The summed E-state index contributed by atoms with van der Waals surface area (Å²) in [5, 5.41) is 0. The van der Waals surface area contributed by atoms with E-state index in [4.69, 9.17) is 4.74 Å². The van der Waals surface area contributed by atoms with Crippen molar-refractivity contribution in [2.24, 2.45) is 0 Å². The molecule has 1 fully saturated rings. The van der Waals surface area contributed by atoms with Gasteiger partial charge in [-0.3, -0.25) is 0 Å². The molecule has 43 valence electrons. The second-order valence-corrected chi connectivity index (χ2v) is 10.7. The Bertz CT molecular complexity index is 81.0. The van der Waals surface area contributed by atoms with Crippen LogP contribution in [-0.4, -0.2) is 20.7 Å². The molecule has 1 unspecified atom stereocenters. The van der Waals surface area contributed by atoms with Gasteiger partial charge in [-0.25, -0.2) is 0 Å². The van der Waals surface area contributed by atoms with E-state index < -0.39 is 0 Å². The average Bonchev–Trinajstić information content (AvgIpc) is 1.65. The Morgan fingerprint density at radius 2 is 2.38 bits per heavy atom. The van der Waals surface area contributed by atoms with Gasteiger partial charge in [-0.2, -0.15) is 0 Å².